The third-order valence-corrected chi connectivity index (χ3v) is 2.86. The Labute approximate surface area is 105 Å². The standard InChI is InChI=1S/C16H23N/c1-6-7-8-12(2)13-9-10-15(17)14(11-13)16(3,4)5/h6-11H,17H2,1-5H3/b7-6-,12-8+. The molecule has 0 aromatic heterocycles. The van der Waals surface area contributed by atoms with Gasteiger partial charge in [0.1, 0.15) is 0 Å². The van der Waals surface area contributed by atoms with Crippen LogP contribution in [0.1, 0.15) is 45.7 Å². The minimum absolute atomic E-state index is 0.0843. The van der Waals surface area contributed by atoms with Crippen molar-refractivity contribution in [3.63, 3.8) is 0 Å². The third kappa shape index (κ3) is 3.48. The third-order valence-electron chi connectivity index (χ3n) is 2.86. The number of nitrogen functional groups attached to an aromatic ring is 1. The molecule has 0 saturated heterocycles. The summed E-state index contributed by atoms with van der Waals surface area (Å²) in [6.45, 7) is 10.7. The zero-order chi connectivity index (χ0) is 13.1. The van der Waals surface area contributed by atoms with Gasteiger partial charge >= 0.3 is 0 Å². The molecule has 0 unspecified atom stereocenters. The van der Waals surface area contributed by atoms with E-state index in [2.05, 4.69) is 52.0 Å². The Balaban J connectivity index is 3.22. The number of allylic oxidation sites excluding steroid dienone is 4. The molecule has 1 aromatic rings. The first kappa shape index (κ1) is 13.6. The van der Waals surface area contributed by atoms with E-state index in [0.29, 0.717) is 0 Å². The zero-order valence-electron chi connectivity index (χ0n) is 11.5. The average molecular weight is 229 g/mol. The molecule has 0 spiro atoms. The van der Waals surface area contributed by atoms with E-state index in [9.17, 15) is 0 Å². The van der Waals surface area contributed by atoms with Crippen molar-refractivity contribution >= 4 is 11.3 Å². The molecule has 1 aromatic carbocycles. The molecule has 1 heteroatoms. The normalized spacial score (nSPS) is 13.4. The number of rotatable bonds is 2. The van der Waals surface area contributed by atoms with Crippen molar-refractivity contribution < 1.29 is 0 Å². The lowest BCUT2D eigenvalue weighted by Crippen LogP contribution is -2.14. The first-order valence-electron chi connectivity index (χ1n) is 6.06. The maximum absolute atomic E-state index is 6.04. The van der Waals surface area contributed by atoms with Crippen molar-refractivity contribution in [1.29, 1.82) is 0 Å². The van der Waals surface area contributed by atoms with Gasteiger partial charge in [0.25, 0.3) is 0 Å². The summed E-state index contributed by atoms with van der Waals surface area (Å²) < 4.78 is 0. The predicted octanol–water partition coefficient (Wildman–Crippen LogP) is 4.55. The summed E-state index contributed by atoms with van der Waals surface area (Å²) in [7, 11) is 0. The van der Waals surface area contributed by atoms with Gasteiger partial charge in [0.15, 0.2) is 0 Å². The van der Waals surface area contributed by atoms with Crippen LogP contribution in [0.3, 0.4) is 0 Å². The van der Waals surface area contributed by atoms with Gasteiger partial charge in [0, 0.05) is 5.69 Å². The van der Waals surface area contributed by atoms with E-state index in [1.165, 1.54) is 16.7 Å². The van der Waals surface area contributed by atoms with E-state index in [-0.39, 0.29) is 5.41 Å². The quantitative estimate of drug-likeness (QED) is 0.584. The van der Waals surface area contributed by atoms with Gasteiger partial charge in [-0.3, -0.25) is 0 Å². The summed E-state index contributed by atoms with van der Waals surface area (Å²) >= 11 is 0. The Morgan fingerprint density at radius 3 is 2.41 bits per heavy atom. The highest BCUT2D eigenvalue weighted by Crippen LogP contribution is 2.30. The molecule has 0 saturated carbocycles. The van der Waals surface area contributed by atoms with Gasteiger partial charge in [-0.05, 0) is 48.1 Å². The molecule has 0 aliphatic rings. The van der Waals surface area contributed by atoms with Crippen LogP contribution in [0.25, 0.3) is 5.57 Å². The van der Waals surface area contributed by atoms with E-state index in [1.807, 2.05) is 19.1 Å². The van der Waals surface area contributed by atoms with Gasteiger partial charge in [-0.15, -0.1) is 0 Å². The molecule has 0 heterocycles. The lowest BCUT2D eigenvalue weighted by Gasteiger charge is -2.22. The number of nitrogens with two attached hydrogens (primary N) is 1. The Morgan fingerprint density at radius 1 is 1.24 bits per heavy atom. The number of benzene rings is 1. The first-order valence-corrected chi connectivity index (χ1v) is 6.06. The average Bonchev–Trinajstić information content (AvgIpc) is 2.25. The van der Waals surface area contributed by atoms with Crippen molar-refractivity contribution in [3.8, 4) is 0 Å². The molecule has 92 valence electrons. The van der Waals surface area contributed by atoms with Crippen molar-refractivity contribution in [3.05, 3.63) is 47.6 Å². The minimum atomic E-state index is 0.0843. The highest BCUT2D eigenvalue weighted by Gasteiger charge is 2.17. The van der Waals surface area contributed by atoms with Crippen LogP contribution in [-0.2, 0) is 5.41 Å². The van der Waals surface area contributed by atoms with E-state index >= 15 is 0 Å². The summed E-state index contributed by atoms with van der Waals surface area (Å²) in [6, 6.07) is 6.29. The van der Waals surface area contributed by atoms with Crippen LogP contribution in [0.2, 0.25) is 0 Å². The second-order valence-corrected chi connectivity index (χ2v) is 5.43. The lowest BCUT2D eigenvalue weighted by atomic mass is 9.84. The van der Waals surface area contributed by atoms with Crippen LogP contribution in [0.15, 0.2) is 36.4 Å². The summed E-state index contributed by atoms with van der Waals surface area (Å²) in [4.78, 5) is 0. The second-order valence-electron chi connectivity index (χ2n) is 5.43. The fourth-order valence-electron chi connectivity index (χ4n) is 1.79. The molecule has 0 aliphatic heterocycles. The summed E-state index contributed by atoms with van der Waals surface area (Å²) in [5.74, 6) is 0. The molecule has 0 radical (unpaired) electrons. The van der Waals surface area contributed by atoms with Crippen LogP contribution >= 0.6 is 0 Å². The maximum Gasteiger partial charge on any atom is 0.0352 e. The van der Waals surface area contributed by atoms with Crippen LogP contribution in [0, 0.1) is 0 Å². The van der Waals surface area contributed by atoms with Crippen molar-refractivity contribution in [2.75, 3.05) is 5.73 Å². The summed E-state index contributed by atoms with van der Waals surface area (Å²) in [5, 5.41) is 0. The molecule has 0 aliphatic carbocycles. The Bertz CT molecular complexity index is 445. The monoisotopic (exact) mass is 229 g/mol. The first-order chi connectivity index (χ1) is 7.86. The van der Waals surface area contributed by atoms with E-state index in [1.54, 1.807) is 0 Å². The van der Waals surface area contributed by atoms with Gasteiger partial charge in [0.2, 0.25) is 0 Å². The fourth-order valence-corrected chi connectivity index (χ4v) is 1.79. The minimum Gasteiger partial charge on any atom is -0.398 e. The van der Waals surface area contributed by atoms with E-state index < -0.39 is 0 Å². The van der Waals surface area contributed by atoms with Gasteiger partial charge in [-0.1, -0.05) is 45.1 Å². The molecule has 1 rings (SSSR count). The van der Waals surface area contributed by atoms with E-state index in [0.717, 1.165) is 5.69 Å². The fraction of sp³-hybridized carbons (Fsp3) is 0.375. The Morgan fingerprint density at radius 2 is 1.88 bits per heavy atom. The van der Waals surface area contributed by atoms with Gasteiger partial charge < -0.3 is 5.73 Å². The number of hydrogen-bond acceptors (Lipinski definition) is 1. The van der Waals surface area contributed by atoms with Crippen LogP contribution < -0.4 is 5.73 Å². The molecule has 0 bridgehead atoms. The molecule has 0 atom stereocenters. The predicted molar refractivity (Wildman–Crippen MR) is 78.0 cm³/mol. The highest BCUT2D eigenvalue weighted by molar-refractivity contribution is 5.68. The van der Waals surface area contributed by atoms with Crippen molar-refractivity contribution in [2.24, 2.45) is 0 Å². The van der Waals surface area contributed by atoms with Crippen LogP contribution in [0.4, 0.5) is 5.69 Å². The zero-order valence-corrected chi connectivity index (χ0v) is 11.5. The largest absolute Gasteiger partial charge is 0.398 e. The SMILES string of the molecule is C/C=C\C=C(/C)c1ccc(N)c(C(C)(C)C)c1. The van der Waals surface area contributed by atoms with Gasteiger partial charge in [0.05, 0.1) is 0 Å². The smallest absolute Gasteiger partial charge is 0.0352 e. The van der Waals surface area contributed by atoms with Crippen molar-refractivity contribution in [1.82, 2.24) is 0 Å². The number of anilines is 1. The molecular formula is C16H23N. The highest BCUT2D eigenvalue weighted by atomic mass is 14.6. The van der Waals surface area contributed by atoms with Crippen LogP contribution in [-0.4, -0.2) is 0 Å². The van der Waals surface area contributed by atoms with Crippen molar-refractivity contribution in [2.45, 2.75) is 40.0 Å². The Kier molecular flexibility index (Phi) is 4.17. The summed E-state index contributed by atoms with van der Waals surface area (Å²) in [5.41, 5.74) is 10.7. The maximum atomic E-state index is 6.04. The lowest BCUT2D eigenvalue weighted by molar-refractivity contribution is 0.592. The molecule has 0 fully saturated rings. The van der Waals surface area contributed by atoms with Gasteiger partial charge in [-0.25, -0.2) is 0 Å². The molecule has 1 nitrogen and oxygen atoms in total. The number of hydrogen-bond donors (Lipinski definition) is 1. The van der Waals surface area contributed by atoms with Crippen LogP contribution in [0.5, 0.6) is 0 Å². The molecular weight excluding hydrogens is 206 g/mol. The molecule has 2 N–H and O–H groups in total. The topological polar surface area (TPSA) is 26.0 Å². The molecule has 17 heavy (non-hydrogen) atoms. The van der Waals surface area contributed by atoms with E-state index in [4.69, 9.17) is 5.73 Å². The Hall–Kier alpha value is -1.50. The summed E-state index contributed by atoms with van der Waals surface area (Å²) in [6.07, 6.45) is 6.21. The second kappa shape index (κ2) is 5.22. The molecule has 0 amide bonds. The van der Waals surface area contributed by atoms with Gasteiger partial charge in [-0.2, -0.15) is 0 Å².